The topological polar surface area (TPSA) is 53.6 Å². The Morgan fingerprint density at radius 3 is 2.53 bits per heavy atom. The van der Waals surface area contributed by atoms with Crippen molar-refractivity contribution in [3.8, 4) is 0 Å². The molecule has 0 saturated heterocycles. The van der Waals surface area contributed by atoms with Crippen LogP contribution in [0, 0.1) is 0 Å². The number of guanidine groups is 1. The van der Waals surface area contributed by atoms with Crippen molar-refractivity contribution in [1.82, 2.24) is 10.2 Å². The maximum Gasteiger partial charge on any atom is 0.188 e. The number of rotatable bonds is 6. The molecule has 1 saturated carbocycles. The SMILES string of the molecule is CCC(C)N(C)CCN=C(N)NC1CCCCCC1. The van der Waals surface area contributed by atoms with Crippen LogP contribution in [0.15, 0.2) is 4.99 Å². The zero-order valence-electron chi connectivity index (χ0n) is 13.0. The Bertz CT molecular complexity index is 257. The van der Waals surface area contributed by atoms with Gasteiger partial charge in [-0.2, -0.15) is 0 Å². The second kappa shape index (κ2) is 9.18. The molecule has 1 fully saturated rings. The van der Waals surface area contributed by atoms with Gasteiger partial charge in [-0.15, -0.1) is 0 Å². The van der Waals surface area contributed by atoms with Crippen molar-refractivity contribution in [2.24, 2.45) is 10.7 Å². The summed E-state index contributed by atoms with van der Waals surface area (Å²) in [5.74, 6) is 0.629. The van der Waals surface area contributed by atoms with Crippen LogP contribution in [0.5, 0.6) is 0 Å². The third-order valence-electron chi connectivity index (χ3n) is 4.29. The van der Waals surface area contributed by atoms with Crippen molar-refractivity contribution in [1.29, 1.82) is 0 Å². The minimum Gasteiger partial charge on any atom is -0.370 e. The van der Waals surface area contributed by atoms with Gasteiger partial charge in [-0.05, 0) is 33.2 Å². The molecular weight excluding hydrogens is 236 g/mol. The molecule has 4 nitrogen and oxygen atoms in total. The number of nitrogens with zero attached hydrogens (tertiary/aromatic N) is 2. The molecule has 0 heterocycles. The first-order chi connectivity index (χ1) is 9.13. The fourth-order valence-corrected chi connectivity index (χ4v) is 2.54. The molecule has 1 aliphatic carbocycles. The molecule has 19 heavy (non-hydrogen) atoms. The molecule has 1 aliphatic rings. The maximum absolute atomic E-state index is 5.97. The molecular formula is C15H32N4. The largest absolute Gasteiger partial charge is 0.370 e. The predicted molar refractivity (Wildman–Crippen MR) is 83.5 cm³/mol. The molecule has 0 radical (unpaired) electrons. The monoisotopic (exact) mass is 268 g/mol. The normalized spacial score (nSPS) is 20.3. The Labute approximate surface area is 118 Å². The van der Waals surface area contributed by atoms with Crippen molar-refractivity contribution in [2.45, 2.75) is 70.9 Å². The van der Waals surface area contributed by atoms with Gasteiger partial charge in [0.05, 0.1) is 6.54 Å². The van der Waals surface area contributed by atoms with E-state index in [1.807, 2.05) is 0 Å². The van der Waals surface area contributed by atoms with Crippen LogP contribution in [0.25, 0.3) is 0 Å². The Morgan fingerprint density at radius 2 is 1.95 bits per heavy atom. The van der Waals surface area contributed by atoms with Crippen molar-refractivity contribution >= 4 is 5.96 Å². The van der Waals surface area contributed by atoms with Gasteiger partial charge in [-0.3, -0.25) is 4.99 Å². The lowest BCUT2D eigenvalue weighted by molar-refractivity contribution is 0.259. The smallest absolute Gasteiger partial charge is 0.188 e. The van der Waals surface area contributed by atoms with Gasteiger partial charge in [0.2, 0.25) is 0 Å². The molecule has 0 aliphatic heterocycles. The Morgan fingerprint density at radius 1 is 1.32 bits per heavy atom. The maximum atomic E-state index is 5.97. The minimum atomic E-state index is 0.540. The number of nitrogens with one attached hydrogen (secondary N) is 1. The molecule has 4 heteroatoms. The van der Waals surface area contributed by atoms with Crippen LogP contribution >= 0.6 is 0 Å². The Kier molecular flexibility index (Phi) is 7.87. The van der Waals surface area contributed by atoms with E-state index in [2.05, 4.69) is 36.1 Å². The second-order valence-corrected chi connectivity index (χ2v) is 5.84. The van der Waals surface area contributed by atoms with Gasteiger partial charge < -0.3 is 16.0 Å². The number of hydrogen-bond acceptors (Lipinski definition) is 2. The highest BCUT2D eigenvalue weighted by Gasteiger charge is 2.12. The Hall–Kier alpha value is -0.770. The third-order valence-corrected chi connectivity index (χ3v) is 4.29. The van der Waals surface area contributed by atoms with Gasteiger partial charge in [0.1, 0.15) is 0 Å². The average molecular weight is 268 g/mol. The lowest BCUT2D eigenvalue weighted by Crippen LogP contribution is -2.40. The fraction of sp³-hybridized carbons (Fsp3) is 0.933. The zero-order valence-corrected chi connectivity index (χ0v) is 13.0. The molecule has 1 unspecified atom stereocenters. The molecule has 0 aromatic carbocycles. The molecule has 0 bridgehead atoms. The first-order valence-corrected chi connectivity index (χ1v) is 7.90. The molecule has 0 spiro atoms. The van der Waals surface area contributed by atoms with E-state index in [0.29, 0.717) is 18.0 Å². The number of hydrogen-bond donors (Lipinski definition) is 2. The van der Waals surface area contributed by atoms with Crippen LogP contribution in [-0.4, -0.2) is 43.1 Å². The minimum absolute atomic E-state index is 0.540. The number of likely N-dealkylation sites (N-methyl/N-ethyl adjacent to an activating group) is 1. The van der Waals surface area contributed by atoms with Gasteiger partial charge in [-0.25, -0.2) is 0 Å². The summed E-state index contributed by atoms with van der Waals surface area (Å²) in [6.45, 7) is 6.22. The van der Waals surface area contributed by atoms with Crippen molar-refractivity contribution in [3.63, 3.8) is 0 Å². The van der Waals surface area contributed by atoms with Crippen molar-refractivity contribution in [3.05, 3.63) is 0 Å². The van der Waals surface area contributed by atoms with Gasteiger partial charge >= 0.3 is 0 Å². The molecule has 1 rings (SSSR count). The average Bonchev–Trinajstić information content (AvgIpc) is 2.66. The second-order valence-electron chi connectivity index (χ2n) is 5.84. The summed E-state index contributed by atoms with van der Waals surface area (Å²) in [6, 6.07) is 1.16. The van der Waals surface area contributed by atoms with E-state index in [-0.39, 0.29) is 0 Å². The molecule has 0 amide bonds. The van der Waals surface area contributed by atoms with E-state index in [9.17, 15) is 0 Å². The summed E-state index contributed by atoms with van der Waals surface area (Å²) in [5, 5.41) is 3.39. The first kappa shape index (κ1) is 16.3. The van der Waals surface area contributed by atoms with E-state index in [1.54, 1.807) is 0 Å². The highest BCUT2D eigenvalue weighted by Crippen LogP contribution is 2.16. The van der Waals surface area contributed by atoms with E-state index < -0.39 is 0 Å². The lowest BCUT2D eigenvalue weighted by atomic mass is 10.1. The zero-order chi connectivity index (χ0) is 14.1. The third kappa shape index (κ3) is 6.81. The standard InChI is InChI=1S/C15H32N4/c1-4-13(2)19(3)12-11-17-15(16)18-14-9-7-5-6-8-10-14/h13-14H,4-12H2,1-3H3,(H3,16,17,18). The van der Waals surface area contributed by atoms with Gasteiger partial charge in [0.25, 0.3) is 0 Å². The highest BCUT2D eigenvalue weighted by molar-refractivity contribution is 5.78. The highest BCUT2D eigenvalue weighted by atomic mass is 15.2. The molecule has 0 aromatic rings. The molecule has 0 aromatic heterocycles. The summed E-state index contributed by atoms with van der Waals surface area (Å²) in [4.78, 5) is 6.78. The quantitative estimate of drug-likeness (QED) is 0.442. The molecule has 112 valence electrons. The lowest BCUT2D eigenvalue weighted by Gasteiger charge is -2.22. The molecule has 1 atom stereocenters. The van der Waals surface area contributed by atoms with E-state index in [1.165, 1.54) is 44.9 Å². The van der Waals surface area contributed by atoms with Crippen LogP contribution in [-0.2, 0) is 0 Å². The summed E-state index contributed by atoms with van der Waals surface area (Å²) >= 11 is 0. The van der Waals surface area contributed by atoms with Crippen LogP contribution in [0.3, 0.4) is 0 Å². The van der Waals surface area contributed by atoms with Crippen LogP contribution < -0.4 is 11.1 Å². The summed E-state index contributed by atoms with van der Waals surface area (Å²) in [5.41, 5.74) is 5.97. The number of nitrogens with two attached hydrogens (primary N) is 1. The summed E-state index contributed by atoms with van der Waals surface area (Å²) in [7, 11) is 2.15. The fourth-order valence-electron chi connectivity index (χ4n) is 2.54. The van der Waals surface area contributed by atoms with Gasteiger partial charge in [0.15, 0.2) is 5.96 Å². The number of aliphatic imine (C=N–C) groups is 1. The van der Waals surface area contributed by atoms with Gasteiger partial charge in [-0.1, -0.05) is 32.6 Å². The summed E-state index contributed by atoms with van der Waals surface area (Å²) < 4.78 is 0. The first-order valence-electron chi connectivity index (χ1n) is 7.90. The van der Waals surface area contributed by atoms with Crippen molar-refractivity contribution in [2.75, 3.05) is 20.1 Å². The van der Waals surface area contributed by atoms with Crippen LogP contribution in [0.4, 0.5) is 0 Å². The molecule has 3 N–H and O–H groups in total. The Balaban J connectivity index is 2.24. The van der Waals surface area contributed by atoms with E-state index in [4.69, 9.17) is 5.73 Å². The predicted octanol–water partition coefficient (Wildman–Crippen LogP) is 2.34. The van der Waals surface area contributed by atoms with Crippen molar-refractivity contribution < 1.29 is 0 Å². The van der Waals surface area contributed by atoms with Crippen LogP contribution in [0.1, 0.15) is 58.8 Å². The van der Waals surface area contributed by atoms with E-state index >= 15 is 0 Å². The van der Waals surface area contributed by atoms with Crippen LogP contribution in [0.2, 0.25) is 0 Å². The summed E-state index contributed by atoms with van der Waals surface area (Å²) in [6.07, 6.45) is 9.04. The van der Waals surface area contributed by atoms with E-state index in [0.717, 1.165) is 13.1 Å². The van der Waals surface area contributed by atoms with Gasteiger partial charge in [0, 0.05) is 18.6 Å².